The fourth-order valence-electron chi connectivity index (χ4n) is 4.37. The van der Waals surface area contributed by atoms with Crippen LogP contribution in [0.4, 0.5) is 0 Å². The van der Waals surface area contributed by atoms with Crippen LogP contribution in [0.15, 0.2) is 79.4 Å². The number of carbonyl (C=O) groups is 1. The summed E-state index contributed by atoms with van der Waals surface area (Å²) in [4.78, 5) is 12.4. The molecule has 33 heavy (non-hydrogen) atoms. The molecule has 0 aliphatic heterocycles. The minimum absolute atomic E-state index is 0.332. The zero-order chi connectivity index (χ0) is 23.4. The van der Waals surface area contributed by atoms with Crippen molar-refractivity contribution >= 4 is 22.9 Å². The zero-order valence-corrected chi connectivity index (χ0v) is 19.2. The Hall–Kier alpha value is -3.63. The number of nitrogens with zero attached hydrogens (tertiary/aromatic N) is 1. The maximum Gasteiger partial charge on any atom is 0.352 e. The van der Waals surface area contributed by atoms with Crippen molar-refractivity contribution in [2.75, 3.05) is 6.54 Å². The van der Waals surface area contributed by atoms with E-state index in [0.29, 0.717) is 24.7 Å². The monoisotopic (exact) mass is 438 g/mol. The third kappa shape index (κ3) is 4.91. The Morgan fingerprint density at radius 2 is 1.82 bits per heavy atom. The summed E-state index contributed by atoms with van der Waals surface area (Å²) >= 11 is 0. The molecule has 0 radical (unpaired) electrons. The van der Waals surface area contributed by atoms with Gasteiger partial charge in [0.2, 0.25) is 0 Å². The summed E-state index contributed by atoms with van der Waals surface area (Å²) in [5, 5.41) is 14.7. The van der Waals surface area contributed by atoms with E-state index in [0.717, 1.165) is 39.7 Å². The molecular formula is C29H30N2O2. The van der Waals surface area contributed by atoms with E-state index in [1.54, 1.807) is 6.08 Å². The molecule has 1 heterocycles. The van der Waals surface area contributed by atoms with Crippen LogP contribution in [0.1, 0.15) is 51.1 Å². The summed E-state index contributed by atoms with van der Waals surface area (Å²) in [6.45, 7) is 9.79. The van der Waals surface area contributed by atoms with Crippen LogP contribution < -0.4 is 5.32 Å². The molecule has 1 atom stereocenters. The predicted molar refractivity (Wildman–Crippen MR) is 136 cm³/mol. The Labute approximate surface area is 195 Å². The van der Waals surface area contributed by atoms with Crippen molar-refractivity contribution in [1.29, 1.82) is 0 Å². The molecular weight excluding hydrogens is 408 g/mol. The van der Waals surface area contributed by atoms with Gasteiger partial charge in [0.15, 0.2) is 0 Å². The maximum absolute atomic E-state index is 12.4. The number of hydrogen-bond acceptors (Lipinski definition) is 2. The second kappa shape index (κ2) is 9.88. The van der Waals surface area contributed by atoms with Crippen LogP contribution in [0, 0.1) is 6.92 Å². The lowest BCUT2D eigenvalue weighted by molar-refractivity contribution is 0.0684. The molecule has 0 saturated carbocycles. The van der Waals surface area contributed by atoms with Crippen LogP contribution in [0.3, 0.4) is 0 Å². The third-order valence-electron chi connectivity index (χ3n) is 6.20. The van der Waals surface area contributed by atoms with Crippen LogP contribution >= 0.6 is 0 Å². The van der Waals surface area contributed by atoms with Crippen molar-refractivity contribution in [2.45, 2.75) is 32.9 Å². The summed E-state index contributed by atoms with van der Waals surface area (Å²) < 4.78 is 1.94. The van der Waals surface area contributed by atoms with Gasteiger partial charge in [-0.05, 0) is 41.2 Å². The number of carboxylic acid groups (broad SMARTS) is 1. The van der Waals surface area contributed by atoms with E-state index in [1.807, 2.05) is 66.1 Å². The van der Waals surface area contributed by atoms with Gasteiger partial charge in [0.1, 0.15) is 5.69 Å². The molecule has 2 N–H and O–H groups in total. The van der Waals surface area contributed by atoms with E-state index in [-0.39, 0.29) is 0 Å². The number of aromatic carboxylic acids is 1. The Kier molecular flexibility index (Phi) is 6.76. The Morgan fingerprint density at radius 3 is 2.48 bits per heavy atom. The fourth-order valence-corrected chi connectivity index (χ4v) is 4.37. The van der Waals surface area contributed by atoms with E-state index >= 15 is 0 Å². The predicted octanol–water partition coefficient (Wildman–Crippen LogP) is 6.23. The van der Waals surface area contributed by atoms with Crippen molar-refractivity contribution in [1.82, 2.24) is 9.88 Å². The highest BCUT2D eigenvalue weighted by Crippen LogP contribution is 2.29. The lowest BCUT2D eigenvalue weighted by Gasteiger charge is -2.14. The molecule has 0 fully saturated rings. The molecule has 4 heteroatoms. The molecule has 0 spiro atoms. The van der Waals surface area contributed by atoms with Crippen molar-refractivity contribution in [3.05, 3.63) is 113 Å². The van der Waals surface area contributed by atoms with Gasteiger partial charge < -0.3 is 15.0 Å². The average Bonchev–Trinajstić information content (AvgIpc) is 3.12. The van der Waals surface area contributed by atoms with Crippen molar-refractivity contribution in [3.8, 4) is 0 Å². The zero-order valence-electron chi connectivity index (χ0n) is 19.2. The molecule has 0 aliphatic rings. The van der Waals surface area contributed by atoms with E-state index in [2.05, 4.69) is 37.0 Å². The van der Waals surface area contributed by atoms with E-state index in [9.17, 15) is 9.90 Å². The first-order chi connectivity index (χ1) is 16.0. The van der Waals surface area contributed by atoms with Crippen molar-refractivity contribution < 1.29 is 9.90 Å². The summed E-state index contributed by atoms with van der Waals surface area (Å²) in [5.74, 6) is -0.571. The van der Waals surface area contributed by atoms with Gasteiger partial charge in [0.25, 0.3) is 0 Å². The van der Waals surface area contributed by atoms with Gasteiger partial charge in [-0.25, -0.2) is 4.79 Å². The third-order valence-corrected chi connectivity index (χ3v) is 6.20. The molecule has 0 aliphatic carbocycles. The van der Waals surface area contributed by atoms with E-state index in [4.69, 9.17) is 0 Å². The largest absolute Gasteiger partial charge is 0.477 e. The van der Waals surface area contributed by atoms with Crippen LogP contribution in [0.25, 0.3) is 17.0 Å². The summed E-state index contributed by atoms with van der Waals surface area (Å²) in [6.07, 6.45) is 1.81. The lowest BCUT2D eigenvalue weighted by atomic mass is 10.0. The topological polar surface area (TPSA) is 54.3 Å². The highest BCUT2D eigenvalue weighted by molar-refractivity contribution is 5.98. The quantitative estimate of drug-likeness (QED) is 0.326. The first kappa shape index (κ1) is 22.6. The van der Waals surface area contributed by atoms with Crippen LogP contribution in [0.5, 0.6) is 0 Å². The minimum Gasteiger partial charge on any atom is -0.477 e. The number of aryl methyl sites for hydroxylation is 1. The molecule has 1 aromatic heterocycles. The summed E-state index contributed by atoms with van der Waals surface area (Å²) in [6, 6.07) is 24.6. The van der Waals surface area contributed by atoms with Crippen LogP contribution in [-0.2, 0) is 13.1 Å². The molecule has 0 saturated heterocycles. The first-order valence-corrected chi connectivity index (χ1v) is 11.3. The van der Waals surface area contributed by atoms with Gasteiger partial charge in [-0.15, -0.1) is 0 Å². The highest BCUT2D eigenvalue weighted by atomic mass is 16.4. The van der Waals surface area contributed by atoms with Gasteiger partial charge in [-0.3, -0.25) is 0 Å². The Balaban J connectivity index is 1.67. The standard InChI is InChI=1S/C29H30N2O2/c1-4-22-11-13-23(14-12-22)19-31-27-16-20(2)10-15-25(27)26(28(31)29(32)33)18-30-17-21(3)24-8-6-5-7-9-24/h4-16,21,30H,1,17-19H2,2-3H3,(H,32,33)/t21-/m1/s1. The Morgan fingerprint density at radius 1 is 1.09 bits per heavy atom. The second-order valence-electron chi connectivity index (χ2n) is 8.63. The molecule has 0 unspecified atom stereocenters. The minimum atomic E-state index is -0.903. The number of rotatable bonds is 9. The SMILES string of the molecule is C=Cc1ccc(Cn2c(C(=O)O)c(CNC[C@@H](C)c3ccccc3)c3ccc(C)cc32)cc1. The van der Waals surface area contributed by atoms with Gasteiger partial charge in [-0.2, -0.15) is 0 Å². The number of carboxylic acids is 1. The van der Waals surface area contributed by atoms with Crippen LogP contribution in [-0.4, -0.2) is 22.2 Å². The van der Waals surface area contributed by atoms with Crippen LogP contribution in [0.2, 0.25) is 0 Å². The molecule has 3 aromatic carbocycles. The van der Waals surface area contributed by atoms with Gasteiger partial charge >= 0.3 is 5.97 Å². The molecule has 4 rings (SSSR count). The van der Waals surface area contributed by atoms with E-state index in [1.165, 1.54) is 5.56 Å². The summed E-state index contributed by atoms with van der Waals surface area (Å²) in [7, 11) is 0. The molecule has 4 aromatic rings. The Bertz CT molecular complexity index is 1270. The lowest BCUT2D eigenvalue weighted by Crippen LogP contribution is -2.21. The van der Waals surface area contributed by atoms with Gasteiger partial charge in [-0.1, -0.05) is 86.3 Å². The van der Waals surface area contributed by atoms with Crippen molar-refractivity contribution in [2.24, 2.45) is 0 Å². The number of hydrogen-bond donors (Lipinski definition) is 2. The van der Waals surface area contributed by atoms with Gasteiger partial charge in [0.05, 0.1) is 0 Å². The smallest absolute Gasteiger partial charge is 0.352 e. The van der Waals surface area contributed by atoms with Crippen molar-refractivity contribution in [3.63, 3.8) is 0 Å². The van der Waals surface area contributed by atoms with Gasteiger partial charge in [0, 0.05) is 36.1 Å². The number of fused-ring (bicyclic) bond motifs is 1. The van der Waals surface area contributed by atoms with E-state index < -0.39 is 5.97 Å². The first-order valence-electron chi connectivity index (χ1n) is 11.3. The second-order valence-corrected chi connectivity index (χ2v) is 8.63. The fraction of sp³-hybridized carbons (Fsp3) is 0.207. The molecule has 168 valence electrons. The highest BCUT2D eigenvalue weighted by Gasteiger charge is 2.22. The average molecular weight is 439 g/mol. The molecule has 4 nitrogen and oxygen atoms in total. The number of nitrogens with one attached hydrogen (secondary N) is 1. The normalized spacial score (nSPS) is 12.1. The summed E-state index contributed by atoms with van der Waals surface area (Å²) in [5.41, 5.74) is 6.61. The maximum atomic E-state index is 12.4. The number of benzene rings is 3. The number of aromatic nitrogens is 1. The molecule has 0 bridgehead atoms. The molecule has 0 amide bonds.